The Balaban J connectivity index is 1.54. The molecule has 1 fully saturated rings. The van der Waals surface area contributed by atoms with Crippen molar-refractivity contribution in [3.63, 3.8) is 0 Å². The number of ether oxygens (including phenoxy) is 1. The molecule has 7 nitrogen and oxygen atoms in total. The fourth-order valence-electron chi connectivity index (χ4n) is 3.28. The summed E-state index contributed by atoms with van der Waals surface area (Å²) in [5.41, 5.74) is 2.37. The molecule has 1 N–H and O–H groups in total. The molecule has 27 heavy (non-hydrogen) atoms. The number of rotatable bonds is 5. The molecule has 0 bridgehead atoms. The molecule has 0 spiro atoms. The van der Waals surface area contributed by atoms with Crippen molar-refractivity contribution >= 4 is 11.8 Å². The molecular weight excluding hydrogens is 340 g/mol. The second kappa shape index (κ2) is 8.90. The fourth-order valence-corrected chi connectivity index (χ4v) is 3.28. The molecule has 0 saturated carbocycles. The monoisotopic (exact) mass is 370 g/mol. The van der Waals surface area contributed by atoms with Crippen LogP contribution in [0.5, 0.6) is 0 Å². The van der Waals surface area contributed by atoms with Crippen LogP contribution >= 0.6 is 0 Å². The molecule has 0 aliphatic carbocycles. The van der Waals surface area contributed by atoms with Crippen LogP contribution in [0.4, 0.5) is 5.82 Å². The second-order valence-corrected chi connectivity index (χ2v) is 7.02. The van der Waals surface area contributed by atoms with Crippen LogP contribution in [0.3, 0.4) is 0 Å². The third kappa shape index (κ3) is 5.01. The van der Waals surface area contributed by atoms with Crippen LogP contribution in [-0.4, -0.2) is 60.3 Å². The van der Waals surface area contributed by atoms with E-state index in [1.807, 2.05) is 20.3 Å². The van der Waals surface area contributed by atoms with Gasteiger partial charge in [0.05, 0.1) is 19.3 Å². The molecule has 1 atom stereocenters. The van der Waals surface area contributed by atoms with Gasteiger partial charge in [-0.1, -0.05) is 6.07 Å². The summed E-state index contributed by atoms with van der Waals surface area (Å²) in [6.07, 6.45) is 4.25. The number of guanidine groups is 1. The van der Waals surface area contributed by atoms with Crippen molar-refractivity contribution in [2.24, 2.45) is 12.0 Å². The lowest BCUT2D eigenvalue weighted by Crippen LogP contribution is -2.41. The standard InChI is InChI=1S/C20H30N6O/c1-16-14-26(10-11-27-16)19-8-7-17(12-22-19)13-23-20(21-2)25(4)15-18-6-5-9-24(18)3/h5-9,12,16H,10-11,13-15H2,1-4H3,(H,21,23). The zero-order valence-corrected chi connectivity index (χ0v) is 16.7. The minimum atomic E-state index is 0.255. The summed E-state index contributed by atoms with van der Waals surface area (Å²) in [5, 5.41) is 3.42. The minimum absolute atomic E-state index is 0.255. The highest BCUT2D eigenvalue weighted by molar-refractivity contribution is 5.79. The number of hydrogen-bond acceptors (Lipinski definition) is 4. The number of pyridine rings is 1. The predicted octanol–water partition coefficient (Wildman–Crippen LogP) is 1.85. The zero-order chi connectivity index (χ0) is 19.2. The van der Waals surface area contributed by atoms with Crippen LogP contribution in [0.1, 0.15) is 18.2 Å². The lowest BCUT2D eigenvalue weighted by atomic mass is 10.2. The Morgan fingerprint density at radius 3 is 2.89 bits per heavy atom. The van der Waals surface area contributed by atoms with Gasteiger partial charge in [0.1, 0.15) is 5.82 Å². The summed E-state index contributed by atoms with van der Waals surface area (Å²) in [6, 6.07) is 8.39. The van der Waals surface area contributed by atoms with E-state index < -0.39 is 0 Å². The summed E-state index contributed by atoms with van der Waals surface area (Å²) in [7, 11) is 5.91. The minimum Gasteiger partial charge on any atom is -0.375 e. The molecule has 1 aliphatic rings. The molecule has 0 amide bonds. The third-order valence-corrected chi connectivity index (χ3v) is 4.85. The van der Waals surface area contributed by atoms with Crippen LogP contribution < -0.4 is 10.2 Å². The van der Waals surface area contributed by atoms with E-state index >= 15 is 0 Å². The summed E-state index contributed by atoms with van der Waals surface area (Å²) >= 11 is 0. The Hall–Kier alpha value is -2.54. The Kier molecular flexibility index (Phi) is 6.34. The van der Waals surface area contributed by atoms with E-state index in [1.54, 1.807) is 0 Å². The Bertz CT molecular complexity index is 754. The third-order valence-electron chi connectivity index (χ3n) is 4.85. The number of aliphatic imine (C=N–C) groups is 1. The molecule has 7 heteroatoms. The largest absolute Gasteiger partial charge is 0.375 e. The average molecular weight is 371 g/mol. The molecular formula is C20H30N6O. The van der Waals surface area contributed by atoms with E-state index in [2.05, 4.69) is 74.1 Å². The van der Waals surface area contributed by atoms with Crippen molar-refractivity contribution in [2.45, 2.75) is 26.1 Å². The average Bonchev–Trinajstić information content (AvgIpc) is 3.07. The first-order valence-corrected chi connectivity index (χ1v) is 9.40. The quantitative estimate of drug-likeness (QED) is 0.643. The number of aromatic nitrogens is 2. The van der Waals surface area contributed by atoms with E-state index in [9.17, 15) is 0 Å². The summed E-state index contributed by atoms with van der Waals surface area (Å²) < 4.78 is 7.72. The molecule has 0 aromatic carbocycles. The lowest BCUT2D eigenvalue weighted by molar-refractivity contribution is 0.0529. The van der Waals surface area contributed by atoms with Crippen molar-refractivity contribution in [2.75, 3.05) is 38.7 Å². The first-order valence-electron chi connectivity index (χ1n) is 9.40. The highest BCUT2D eigenvalue weighted by Crippen LogP contribution is 2.15. The van der Waals surface area contributed by atoms with Crippen molar-refractivity contribution in [1.29, 1.82) is 0 Å². The van der Waals surface area contributed by atoms with Crippen molar-refractivity contribution in [3.8, 4) is 0 Å². The maximum absolute atomic E-state index is 5.60. The van der Waals surface area contributed by atoms with Crippen LogP contribution in [0, 0.1) is 0 Å². The number of aryl methyl sites for hydroxylation is 1. The van der Waals surface area contributed by atoms with Gasteiger partial charge in [-0.2, -0.15) is 0 Å². The number of nitrogens with zero attached hydrogens (tertiary/aromatic N) is 5. The fraction of sp³-hybridized carbons (Fsp3) is 0.500. The molecule has 3 rings (SSSR count). The molecule has 3 heterocycles. The maximum atomic E-state index is 5.60. The van der Waals surface area contributed by atoms with E-state index in [4.69, 9.17) is 4.74 Å². The normalized spacial score (nSPS) is 17.9. The van der Waals surface area contributed by atoms with Crippen LogP contribution in [-0.2, 0) is 24.9 Å². The highest BCUT2D eigenvalue weighted by Gasteiger charge is 2.17. The zero-order valence-electron chi connectivity index (χ0n) is 16.7. The summed E-state index contributed by atoms with van der Waals surface area (Å²) in [4.78, 5) is 13.4. The lowest BCUT2D eigenvalue weighted by Gasteiger charge is -2.32. The van der Waals surface area contributed by atoms with Gasteiger partial charge in [0.2, 0.25) is 0 Å². The van der Waals surface area contributed by atoms with Gasteiger partial charge in [0, 0.05) is 58.9 Å². The van der Waals surface area contributed by atoms with Crippen molar-refractivity contribution in [1.82, 2.24) is 19.8 Å². The van der Waals surface area contributed by atoms with Gasteiger partial charge in [0.25, 0.3) is 0 Å². The van der Waals surface area contributed by atoms with Gasteiger partial charge in [-0.15, -0.1) is 0 Å². The van der Waals surface area contributed by atoms with Gasteiger partial charge in [-0.25, -0.2) is 4.98 Å². The number of morpholine rings is 1. The SMILES string of the molecule is CN=C(NCc1ccc(N2CCOC(C)C2)nc1)N(C)Cc1cccn1C. The van der Waals surface area contributed by atoms with Gasteiger partial charge in [-0.05, 0) is 30.7 Å². The van der Waals surface area contributed by atoms with Gasteiger partial charge >= 0.3 is 0 Å². The van der Waals surface area contributed by atoms with Crippen LogP contribution in [0.25, 0.3) is 0 Å². The van der Waals surface area contributed by atoms with Crippen LogP contribution in [0.2, 0.25) is 0 Å². The topological polar surface area (TPSA) is 57.9 Å². The predicted molar refractivity (Wildman–Crippen MR) is 109 cm³/mol. The summed E-state index contributed by atoms with van der Waals surface area (Å²) in [5.74, 6) is 1.88. The number of nitrogens with one attached hydrogen (secondary N) is 1. The second-order valence-electron chi connectivity index (χ2n) is 7.02. The van der Waals surface area contributed by atoms with Gasteiger partial charge < -0.3 is 24.4 Å². The molecule has 1 saturated heterocycles. The molecule has 146 valence electrons. The van der Waals surface area contributed by atoms with E-state index in [0.29, 0.717) is 6.54 Å². The van der Waals surface area contributed by atoms with Crippen LogP contribution in [0.15, 0.2) is 41.7 Å². The number of anilines is 1. The molecule has 2 aromatic heterocycles. The Morgan fingerprint density at radius 2 is 2.26 bits per heavy atom. The summed E-state index contributed by atoms with van der Waals surface area (Å²) in [6.45, 7) is 6.14. The van der Waals surface area contributed by atoms with Gasteiger partial charge in [0.15, 0.2) is 5.96 Å². The molecule has 0 radical (unpaired) electrons. The first-order chi connectivity index (χ1) is 13.1. The number of hydrogen-bond donors (Lipinski definition) is 1. The molecule has 1 aliphatic heterocycles. The molecule has 1 unspecified atom stereocenters. The highest BCUT2D eigenvalue weighted by atomic mass is 16.5. The Labute approximate surface area is 161 Å². The Morgan fingerprint density at radius 1 is 1.41 bits per heavy atom. The van der Waals surface area contributed by atoms with Crippen molar-refractivity contribution < 1.29 is 4.74 Å². The maximum Gasteiger partial charge on any atom is 0.194 e. The van der Waals surface area contributed by atoms with E-state index in [0.717, 1.165) is 43.6 Å². The smallest absolute Gasteiger partial charge is 0.194 e. The van der Waals surface area contributed by atoms with E-state index in [-0.39, 0.29) is 6.10 Å². The van der Waals surface area contributed by atoms with E-state index in [1.165, 1.54) is 5.69 Å². The van der Waals surface area contributed by atoms with Gasteiger partial charge in [-0.3, -0.25) is 4.99 Å². The van der Waals surface area contributed by atoms with Crippen molar-refractivity contribution in [3.05, 3.63) is 47.9 Å². The first kappa shape index (κ1) is 19.2. The molecule has 2 aromatic rings.